The quantitative estimate of drug-likeness (QED) is 0.517. The van der Waals surface area contributed by atoms with Gasteiger partial charge in [0.15, 0.2) is 0 Å². The zero-order valence-electron chi connectivity index (χ0n) is 11.0. The van der Waals surface area contributed by atoms with Gasteiger partial charge in [0.2, 0.25) is 0 Å². The van der Waals surface area contributed by atoms with Gasteiger partial charge in [-0.05, 0) is 34.5 Å². The van der Waals surface area contributed by atoms with E-state index in [2.05, 4.69) is 32.8 Å². The lowest BCUT2D eigenvalue weighted by Crippen LogP contribution is -2.00. The number of nitrogens with one attached hydrogen (secondary N) is 1. The van der Waals surface area contributed by atoms with Crippen LogP contribution in [0.15, 0.2) is 33.6 Å². The number of aryl methyl sites for hydroxylation is 1. The molecule has 0 bridgehead atoms. The molecule has 0 aliphatic rings. The summed E-state index contributed by atoms with van der Waals surface area (Å²) < 4.78 is 1.52. The van der Waals surface area contributed by atoms with Gasteiger partial charge >= 0.3 is 0 Å². The molecule has 1 aromatic carbocycles. The van der Waals surface area contributed by atoms with E-state index < -0.39 is 0 Å². The normalized spacial score (nSPS) is 10.8. The van der Waals surface area contributed by atoms with Crippen molar-refractivity contribution in [2.24, 2.45) is 0 Å². The van der Waals surface area contributed by atoms with Gasteiger partial charge in [-0.25, -0.2) is 4.98 Å². The minimum Gasteiger partial charge on any atom is -0.345 e. The van der Waals surface area contributed by atoms with Crippen LogP contribution in [0.1, 0.15) is 24.9 Å². The molecule has 0 fully saturated rings. The molecular weight excluding hydrogens is 376 g/mol. The van der Waals surface area contributed by atoms with Crippen LogP contribution in [0.3, 0.4) is 0 Å². The van der Waals surface area contributed by atoms with Crippen molar-refractivity contribution in [1.29, 1.82) is 0 Å². The van der Waals surface area contributed by atoms with Crippen LogP contribution in [0.4, 0.5) is 0 Å². The molecule has 2 nitrogen and oxygen atoms in total. The molecule has 0 aliphatic heterocycles. The monoisotopic (exact) mass is 388 g/mol. The Labute approximate surface area is 141 Å². The number of hydrogen-bond acceptors (Lipinski definition) is 3. The molecule has 0 atom stereocenters. The molecule has 6 heteroatoms. The molecule has 2 rings (SSSR count). The first-order valence-electron chi connectivity index (χ1n) is 6.26. The number of hydrogen-bond donors (Lipinski definition) is 1. The molecule has 2 aromatic rings. The fraction of sp³-hybridized carbons (Fsp3) is 0.286. The fourth-order valence-corrected chi connectivity index (χ4v) is 3.48. The summed E-state index contributed by atoms with van der Waals surface area (Å²) in [7, 11) is 0. The van der Waals surface area contributed by atoms with Gasteiger partial charge in [0.1, 0.15) is 10.5 Å². The lowest BCUT2D eigenvalue weighted by molar-refractivity contribution is 0.842. The van der Waals surface area contributed by atoms with Gasteiger partial charge in [0, 0.05) is 10.6 Å². The van der Waals surface area contributed by atoms with Gasteiger partial charge in [0.05, 0.1) is 15.2 Å². The van der Waals surface area contributed by atoms with Gasteiger partial charge in [-0.1, -0.05) is 49.3 Å². The number of halogens is 2. The van der Waals surface area contributed by atoms with Crippen molar-refractivity contribution >= 4 is 51.5 Å². The van der Waals surface area contributed by atoms with Crippen LogP contribution < -0.4 is 0 Å². The molecule has 0 spiro atoms. The average molecular weight is 390 g/mol. The van der Waals surface area contributed by atoms with E-state index in [1.807, 2.05) is 24.3 Å². The summed E-state index contributed by atoms with van der Waals surface area (Å²) in [6.45, 7) is 2.14. The molecule has 1 N–H and O–H groups in total. The van der Waals surface area contributed by atoms with Crippen molar-refractivity contribution in [3.63, 3.8) is 0 Å². The summed E-state index contributed by atoms with van der Waals surface area (Å²) in [6, 6.07) is 7.81. The van der Waals surface area contributed by atoms with Crippen LogP contribution in [0, 0.1) is 4.64 Å². The number of rotatable bonds is 5. The predicted octanol–water partition coefficient (Wildman–Crippen LogP) is 5.80. The third kappa shape index (κ3) is 4.07. The number of aromatic amines is 1. The van der Waals surface area contributed by atoms with E-state index in [4.69, 9.17) is 23.8 Å². The molecular formula is C14H14BrClN2S2. The van der Waals surface area contributed by atoms with Crippen LogP contribution in [0.25, 0.3) is 0 Å². The Morgan fingerprint density at radius 3 is 2.85 bits per heavy atom. The molecule has 1 aromatic heterocycles. The molecule has 106 valence electrons. The topological polar surface area (TPSA) is 28.7 Å². The lowest BCUT2D eigenvalue weighted by Gasteiger charge is -2.08. The lowest BCUT2D eigenvalue weighted by atomic mass is 10.2. The Morgan fingerprint density at radius 1 is 1.40 bits per heavy atom. The maximum Gasteiger partial charge on any atom is 0.144 e. The summed E-state index contributed by atoms with van der Waals surface area (Å²) in [5.74, 6) is 1.60. The van der Waals surface area contributed by atoms with Crippen LogP contribution in [0.5, 0.6) is 0 Å². The summed E-state index contributed by atoms with van der Waals surface area (Å²) in [5.41, 5.74) is 1.11. The Kier molecular flexibility index (Phi) is 6.08. The van der Waals surface area contributed by atoms with Crippen molar-refractivity contribution in [3.8, 4) is 0 Å². The third-order valence-electron chi connectivity index (χ3n) is 2.69. The highest BCUT2D eigenvalue weighted by atomic mass is 79.9. The van der Waals surface area contributed by atoms with Crippen molar-refractivity contribution in [1.82, 2.24) is 9.97 Å². The molecule has 20 heavy (non-hydrogen) atoms. The Balaban J connectivity index is 2.18. The van der Waals surface area contributed by atoms with E-state index in [0.29, 0.717) is 4.64 Å². The minimum atomic E-state index is 0.613. The molecule has 0 saturated heterocycles. The van der Waals surface area contributed by atoms with Crippen molar-refractivity contribution in [3.05, 3.63) is 49.9 Å². The highest BCUT2D eigenvalue weighted by molar-refractivity contribution is 9.10. The summed E-state index contributed by atoms with van der Waals surface area (Å²) in [5, 5.41) is 0.766. The Morgan fingerprint density at radius 2 is 2.15 bits per heavy atom. The highest BCUT2D eigenvalue weighted by Crippen LogP contribution is 2.29. The first kappa shape index (κ1) is 16.0. The molecule has 0 radical (unpaired) electrons. The predicted molar refractivity (Wildman–Crippen MR) is 92.1 cm³/mol. The molecule has 0 amide bonds. The summed E-state index contributed by atoms with van der Waals surface area (Å²) in [6.07, 6.45) is 2.02. The largest absolute Gasteiger partial charge is 0.345 e. The van der Waals surface area contributed by atoms with E-state index in [0.717, 1.165) is 44.5 Å². The van der Waals surface area contributed by atoms with Gasteiger partial charge in [0.25, 0.3) is 0 Å². The Hall–Kier alpha value is -0.360. The van der Waals surface area contributed by atoms with E-state index in [9.17, 15) is 0 Å². The van der Waals surface area contributed by atoms with Crippen molar-refractivity contribution in [2.45, 2.75) is 30.4 Å². The number of H-pyrrole nitrogens is 1. The smallest absolute Gasteiger partial charge is 0.144 e. The molecule has 0 aliphatic carbocycles. The van der Waals surface area contributed by atoms with Crippen LogP contribution in [-0.4, -0.2) is 9.97 Å². The number of aromatic nitrogens is 2. The van der Waals surface area contributed by atoms with Crippen LogP contribution in [0.2, 0.25) is 5.02 Å². The van der Waals surface area contributed by atoms with Crippen molar-refractivity contribution < 1.29 is 0 Å². The van der Waals surface area contributed by atoms with E-state index in [-0.39, 0.29) is 0 Å². The highest BCUT2D eigenvalue weighted by Gasteiger charge is 2.07. The van der Waals surface area contributed by atoms with Crippen molar-refractivity contribution in [2.75, 3.05) is 0 Å². The first-order valence-corrected chi connectivity index (χ1v) is 8.83. The molecule has 0 unspecified atom stereocenters. The second-order valence-corrected chi connectivity index (χ2v) is 6.85. The van der Waals surface area contributed by atoms with Crippen LogP contribution in [-0.2, 0) is 12.2 Å². The number of benzene rings is 1. The number of thioether (sulfide) groups is 1. The van der Waals surface area contributed by atoms with E-state index >= 15 is 0 Å². The zero-order valence-corrected chi connectivity index (χ0v) is 14.9. The van der Waals surface area contributed by atoms with E-state index in [1.54, 1.807) is 11.8 Å². The SMILES string of the molecule is CCCc1[nH]c(CSc2ccccc2Cl)nc(=S)c1Br. The fourth-order valence-electron chi connectivity index (χ4n) is 1.76. The summed E-state index contributed by atoms with van der Waals surface area (Å²) in [4.78, 5) is 8.82. The number of nitrogens with zero attached hydrogens (tertiary/aromatic N) is 1. The third-order valence-corrected chi connectivity index (χ3v) is 5.62. The molecule has 1 heterocycles. The van der Waals surface area contributed by atoms with Gasteiger partial charge in [-0.2, -0.15) is 0 Å². The Bertz CT molecular complexity index is 658. The maximum absolute atomic E-state index is 6.15. The van der Waals surface area contributed by atoms with E-state index in [1.165, 1.54) is 0 Å². The average Bonchev–Trinajstić information content (AvgIpc) is 2.43. The van der Waals surface area contributed by atoms with Gasteiger partial charge in [-0.15, -0.1) is 11.8 Å². The maximum atomic E-state index is 6.15. The van der Waals surface area contributed by atoms with Gasteiger partial charge in [-0.3, -0.25) is 0 Å². The van der Waals surface area contributed by atoms with Crippen LogP contribution >= 0.6 is 51.5 Å². The summed E-state index contributed by atoms with van der Waals surface area (Å²) >= 11 is 16.6. The second-order valence-electron chi connectivity index (χ2n) is 4.25. The molecule has 0 saturated carbocycles. The standard InChI is InChI=1S/C14H14BrClN2S2/c1-2-5-10-13(15)14(19)18-12(17-10)8-20-11-7-4-3-6-9(11)16/h3-4,6-7H,2,5,8H2,1H3,(H,17,18,19). The van der Waals surface area contributed by atoms with Gasteiger partial charge < -0.3 is 4.98 Å². The zero-order chi connectivity index (χ0) is 14.5. The minimum absolute atomic E-state index is 0.613. The first-order chi connectivity index (χ1) is 9.61. The second kappa shape index (κ2) is 7.59.